The number of aldehydes is 1. The van der Waals surface area contributed by atoms with Gasteiger partial charge in [-0.3, -0.25) is 14.4 Å². The van der Waals surface area contributed by atoms with Gasteiger partial charge in [0.15, 0.2) is 6.29 Å². The Labute approximate surface area is 92.1 Å². The molecule has 84 valence electrons. The van der Waals surface area contributed by atoms with Gasteiger partial charge in [0.05, 0.1) is 12.1 Å². The quantitative estimate of drug-likeness (QED) is 0.734. The fraction of sp³-hybridized carbons (Fsp3) is 0.182. The van der Waals surface area contributed by atoms with Gasteiger partial charge in [-0.15, -0.1) is 0 Å². The summed E-state index contributed by atoms with van der Waals surface area (Å²) in [7, 11) is 0. The van der Waals surface area contributed by atoms with Gasteiger partial charge in [0.25, 0.3) is 0 Å². The molecule has 0 aliphatic heterocycles. The Balaban J connectivity index is 2.62. The first-order chi connectivity index (χ1) is 7.63. The highest BCUT2D eigenvalue weighted by Crippen LogP contribution is 2.12. The minimum Gasteiger partial charge on any atom is -0.481 e. The molecule has 1 aromatic carbocycles. The number of para-hydroxylation sites is 1. The summed E-state index contributed by atoms with van der Waals surface area (Å²) in [6.45, 7) is 0. The third-order valence-electron chi connectivity index (χ3n) is 1.93. The van der Waals surface area contributed by atoms with Gasteiger partial charge < -0.3 is 10.4 Å². The summed E-state index contributed by atoms with van der Waals surface area (Å²) in [5.74, 6) is -1.45. The highest BCUT2D eigenvalue weighted by atomic mass is 16.4. The molecule has 2 N–H and O–H groups in total. The van der Waals surface area contributed by atoms with Gasteiger partial charge in [-0.25, -0.2) is 0 Å². The molecule has 0 unspecified atom stereocenters. The molecule has 0 bridgehead atoms. The molecule has 0 spiro atoms. The number of carbonyl (C=O) groups excluding carboxylic acids is 2. The molecule has 0 fully saturated rings. The minimum absolute atomic E-state index is 0.109. The Bertz CT molecular complexity index is 414. The zero-order valence-corrected chi connectivity index (χ0v) is 8.47. The number of carboxylic acids is 1. The summed E-state index contributed by atoms with van der Waals surface area (Å²) in [5.41, 5.74) is 0.763. The lowest BCUT2D eigenvalue weighted by molar-refractivity contribution is -0.138. The smallest absolute Gasteiger partial charge is 0.303 e. The zero-order chi connectivity index (χ0) is 12.0. The molecule has 1 rings (SSSR count). The maximum Gasteiger partial charge on any atom is 0.303 e. The van der Waals surface area contributed by atoms with Crippen LogP contribution in [-0.2, 0) is 9.59 Å². The highest BCUT2D eigenvalue weighted by Gasteiger charge is 2.07. The molecule has 1 aromatic rings. The molecular weight excluding hydrogens is 210 g/mol. The molecule has 5 heteroatoms. The van der Waals surface area contributed by atoms with E-state index in [9.17, 15) is 14.4 Å². The van der Waals surface area contributed by atoms with Crippen molar-refractivity contribution < 1.29 is 19.5 Å². The van der Waals surface area contributed by atoms with E-state index < -0.39 is 11.9 Å². The van der Waals surface area contributed by atoms with Crippen LogP contribution in [0, 0.1) is 0 Å². The summed E-state index contributed by atoms with van der Waals surface area (Å²) < 4.78 is 0. The van der Waals surface area contributed by atoms with E-state index in [1.165, 1.54) is 0 Å². The number of carbonyl (C=O) groups is 3. The van der Waals surface area contributed by atoms with E-state index in [2.05, 4.69) is 5.32 Å². The molecule has 5 nitrogen and oxygen atoms in total. The van der Waals surface area contributed by atoms with E-state index in [0.29, 0.717) is 17.5 Å². The van der Waals surface area contributed by atoms with Gasteiger partial charge in [0.2, 0.25) is 5.91 Å². The molecule has 0 aliphatic carbocycles. The zero-order valence-electron chi connectivity index (χ0n) is 8.47. The van der Waals surface area contributed by atoms with E-state index in [-0.39, 0.29) is 12.8 Å². The maximum atomic E-state index is 11.3. The fourth-order valence-corrected chi connectivity index (χ4v) is 1.15. The standard InChI is InChI=1S/C11H11NO4/c13-7-8-3-1-2-4-9(8)12-10(14)5-6-11(15)16/h1-4,7H,5-6H2,(H,12,14)(H,15,16). The molecule has 0 saturated heterocycles. The Morgan fingerprint density at radius 1 is 1.25 bits per heavy atom. The Hall–Kier alpha value is -2.17. The largest absolute Gasteiger partial charge is 0.481 e. The van der Waals surface area contributed by atoms with Crippen LogP contribution in [0.2, 0.25) is 0 Å². The van der Waals surface area contributed by atoms with Crippen molar-refractivity contribution in [3.05, 3.63) is 29.8 Å². The summed E-state index contributed by atoms with van der Waals surface area (Å²) in [5, 5.41) is 10.9. The lowest BCUT2D eigenvalue weighted by Gasteiger charge is -2.06. The number of carboxylic acid groups (broad SMARTS) is 1. The molecule has 16 heavy (non-hydrogen) atoms. The molecular formula is C11H11NO4. The van der Waals surface area contributed by atoms with Crippen molar-refractivity contribution >= 4 is 23.9 Å². The monoisotopic (exact) mass is 221 g/mol. The maximum absolute atomic E-state index is 11.3. The molecule has 0 aromatic heterocycles. The molecule has 0 saturated carbocycles. The van der Waals surface area contributed by atoms with E-state index in [1.54, 1.807) is 24.3 Å². The summed E-state index contributed by atoms with van der Waals surface area (Å²) >= 11 is 0. The van der Waals surface area contributed by atoms with Crippen molar-refractivity contribution in [2.45, 2.75) is 12.8 Å². The van der Waals surface area contributed by atoms with Crippen molar-refractivity contribution in [2.24, 2.45) is 0 Å². The number of benzene rings is 1. The number of rotatable bonds is 5. The molecule has 0 aliphatic rings. The van der Waals surface area contributed by atoms with Gasteiger partial charge in [0, 0.05) is 12.0 Å². The van der Waals surface area contributed by atoms with Gasteiger partial charge >= 0.3 is 5.97 Å². The SMILES string of the molecule is O=Cc1ccccc1NC(=O)CCC(=O)O. The van der Waals surface area contributed by atoms with Gasteiger partial charge in [-0.1, -0.05) is 12.1 Å². The second kappa shape index (κ2) is 5.65. The fourth-order valence-electron chi connectivity index (χ4n) is 1.15. The van der Waals surface area contributed by atoms with E-state index in [1.807, 2.05) is 0 Å². The summed E-state index contributed by atoms with van der Waals surface area (Å²) in [6, 6.07) is 6.51. The Kier molecular flexibility index (Phi) is 4.20. The summed E-state index contributed by atoms with van der Waals surface area (Å²) in [4.78, 5) is 32.2. The summed E-state index contributed by atoms with van der Waals surface area (Å²) in [6.07, 6.45) is 0.296. The van der Waals surface area contributed by atoms with E-state index >= 15 is 0 Å². The number of hydrogen-bond donors (Lipinski definition) is 2. The first-order valence-electron chi connectivity index (χ1n) is 4.69. The lowest BCUT2D eigenvalue weighted by Crippen LogP contribution is -2.14. The predicted molar refractivity (Wildman–Crippen MR) is 57.3 cm³/mol. The van der Waals surface area contributed by atoms with Crippen LogP contribution in [0.4, 0.5) is 5.69 Å². The van der Waals surface area contributed by atoms with E-state index in [4.69, 9.17) is 5.11 Å². The number of hydrogen-bond acceptors (Lipinski definition) is 3. The van der Waals surface area contributed by atoms with Crippen molar-refractivity contribution in [1.82, 2.24) is 0 Å². The van der Waals surface area contributed by atoms with Crippen LogP contribution in [0.25, 0.3) is 0 Å². The van der Waals surface area contributed by atoms with Gasteiger partial charge in [-0.2, -0.15) is 0 Å². The van der Waals surface area contributed by atoms with Crippen LogP contribution in [0.5, 0.6) is 0 Å². The first kappa shape index (κ1) is 11.9. The molecule has 1 amide bonds. The van der Waals surface area contributed by atoms with Crippen LogP contribution >= 0.6 is 0 Å². The molecule has 0 radical (unpaired) electrons. The average molecular weight is 221 g/mol. The van der Waals surface area contributed by atoms with Crippen LogP contribution in [-0.4, -0.2) is 23.3 Å². The van der Waals surface area contributed by atoms with Gasteiger partial charge in [0.1, 0.15) is 0 Å². The predicted octanol–water partition coefficient (Wildman–Crippen LogP) is 1.30. The third-order valence-corrected chi connectivity index (χ3v) is 1.93. The third kappa shape index (κ3) is 3.53. The van der Waals surface area contributed by atoms with Crippen molar-refractivity contribution in [2.75, 3.05) is 5.32 Å². The van der Waals surface area contributed by atoms with Gasteiger partial charge in [-0.05, 0) is 12.1 Å². The van der Waals surface area contributed by atoms with Crippen molar-refractivity contribution in [1.29, 1.82) is 0 Å². The van der Waals surface area contributed by atoms with Crippen LogP contribution in [0.1, 0.15) is 23.2 Å². The highest BCUT2D eigenvalue weighted by molar-refractivity contribution is 5.97. The number of nitrogens with one attached hydrogen (secondary N) is 1. The molecule has 0 heterocycles. The van der Waals surface area contributed by atoms with Crippen molar-refractivity contribution in [3.63, 3.8) is 0 Å². The Morgan fingerprint density at radius 2 is 1.94 bits per heavy atom. The van der Waals surface area contributed by atoms with Crippen molar-refractivity contribution in [3.8, 4) is 0 Å². The second-order valence-corrected chi connectivity index (χ2v) is 3.15. The van der Waals surface area contributed by atoms with Crippen LogP contribution < -0.4 is 5.32 Å². The Morgan fingerprint density at radius 3 is 2.56 bits per heavy atom. The first-order valence-corrected chi connectivity index (χ1v) is 4.69. The second-order valence-electron chi connectivity index (χ2n) is 3.15. The lowest BCUT2D eigenvalue weighted by atomic mass is 10.2. The number of aliphatic carboxylic acids is 1. The van der Waals surface area contributed by atoms with E-state index in [0.717, 1.165) is 0 Å². The topological polar surface area (TPSA) is 83.5 Å². The number of amides is 1. The van der Waals surface area contributed by atoms with Crippen LogP contribution in [0.3, 0.4) is 0 Å². The van der Waals surface area contributed by atoms with Crippen LogP contribution in [0.15, 0.2) is 24.3 Å². The molecule has 0 atom stereocenters. The number of anilines is 1. The average Bonchev–Trinajstić information content (AvgIpc) is 2.27. The minimum atomic E-state index is -1.03. The normalized spacial score (nSPS) is 9.50.